The lowest BCUT2D eigenvalue weighted by molar-refractivity contribution is -0.137. The molecular formula is C46H63N5O5S. The molecule has 10 nitrogen and oxygen atoms in total. The highest BCUT2D eigenvalue weighted by molar-refractivity contribution is 7.10. The molecule has 0 spiro atoms. The number of carbonyl (C=O) groups is 4. The number of hydrogen-bond acceptors (Lipinski definition) is 7. The average molecular weight is 798 g/mol. The molecule has 2 aromatic carbocycles. The van der Waals surface area contributed by atoms with E-state index in [1.165, 1.54) is 17.7 Å². The van der Waals surface area contributed by atoms with Crippen LogP contribution in [0.25, 0.3) is 0 Å². The number of carbonyl (C=O) groups excluding carboxylic acids is 3. The molecule has 1 heterocycles. The maximum Gasteiger partial charge on any atom is 0.303 e. The van der Waals surface area contributed by atoms with E-state index in [1.807, 2.05) is 65.9 Å². The summed E-state index contributed by atoms with van der Waals surface area (Å²) in [6, 6.07) is 24.2. The molecule has 0 saturated heterocycles. The van der Waals surface area contributed by atoms with Crippen molar-refractivity contribution in [3.05, 3.63) is 88.1 Å². The first kappa shape index (κ1) is 45.2. The maximum absolute atomic E-state index is 12.5. The van der Waals surface area contributed by atoms with Gasteiger partial charge in [-0.05, 0) is 124 Å². The van der Waals surface area contributed by atoms with Crippen LogP contribution in [-0.4, -0.2) is 59.9 Å². The fourth-order valence-corrected chi connectivity index (χ4v) is 9.25. The second-order valence-corrected chi connectivity index (χ2v) is 17.9. The molecule has 2 aliphatic rings. The van der Waals surface area contributed by atoms with E-state index in [0.29, 0.717) is 36.8 Å². The van der Waals surface area contributed by atoms with Gasteiger partial charge < -0.3 is 21.1 Å². The average Bonchev–Trinajstić information content (AvgIpc) is 3.72. The van der Waals surface area contributed by atoms with E-state index in [1.54, 1.807) is 0 Å². The van der Waals surface area contributed by atoms with E-state index < -0.39 is 5.97 Å². The molecule has 308 valence electrons. The predicted molar refractivity (Wildman–Crippen MR) is 228 cm³/mol. The van der Waals surface area contributed by atoms with Gasteiger partial charge in [-0.3, -0.25) is 24.1 Å². The Kier molecular flexibility index (Phi) is 17.3. The summed E-state index contributed by atoms with van der Waals surface area (Å²) in [5.41, 5.74) is 2.93. The third-order valence-electron chi connectivity index (χ3n) is 11.7. The first-order valence-electron chi connectivity index (χ1n) is 20.6. The minimum atomic E-state index is -0.835. The van der Waals surface area contributed by atoms with Crippen LogP contribution in [0.2, 0.25) is 0 Å². The molecule has 2 fully saturated rings. The number of nitrogens with zero attached hydrogens (tertiary/aromatic N) is 2. The molecule has 5 rings (SSSR count). The van der Waals surface area contributed by atoms with Gasteiger partial charge in [0.25, 0.3) is 0 Å². The minimum Gasteiger partial charge on any atom is -0.481 e. The first-order valence-corrected chi connectivity index (χ1v) is 21.4. The molecule has 2 saturated carbocycles. The van der Waals surface area contributed by atoms with E-state index in [2.05, 4.69) is 79.3 Å². The molecular weight excluding hydrogens is 735 g/mol. The SMILES string of the molecule is CC(C)(C)C1CCC(NC(=O)CCCC(=O)O)CC1.CN(C)C1(c2cccs2)CCC(NC(=O)CCCC(=O)Nc2ccc(C(C#N)c3ccccc3)cc2)CC1. The van der Waals surface area contributed by atoms with Crippen molar-refractivity contribution in [3.63, 3.8) is 0 Å². The lowest BCUT2D eigenvalue weighted by atomic mass is 9.71. The summed E-state index contributed by atoms with van der Waals surface area (Å²) in [6.07, 6.45) is 10.3. The van der Waals surface area contributed by atoms with Crippen molar-refractivity contribution in [2.75, 3.05) is 19.4 Å². The lowest BCUT2D eigenvalue weighted by Gasteiger charge is -2.44. The fourth-order valence-electron chi connectivity index (χ4n) is 8.18. The smallest absolute Gasteiger partial charge is 0.303 e. The standard InChI is InChI=1S/C31H36N4O2S.C15H27NO3/c1-35(2)31(28-10-7-21-38-28)19-17-26(18-20-31)34-30(37)12-6-11-29(36)33-25-15-13-24(14-16-25)27(22-32)23-8-4-3-5-9-23;1-15(2,3)11-7-9-12(10-8-11)16-13(17)5-4-6-14(18)19/h3-5,7-10,13-16,21,26-27H,6,11-12,17-20H2,1-2H3,(H,33,36)(H,34,37);11-12H,4-10H2,1-3H3,(H,16,17)(H,18,19). The Labute approximate surface area is 343 Å². The monoisotopic (exact) mass is 797 g/mol. The maximum atomic E-state index is 12.5. The first-order chi connectivity index (χ1) is 27.2. The van der Waals surface area contributed by atoms with Gasteiger partial charge in [0.05, 0.1) is 17.5 Å². The van der Waals surface area contributed by atoms with Crippen molar-refractivity contribution in [1.29, 1.82) is 5.26 Å². The van der Waals surface area contributed by atoms with Crippen LogP contribution in [0, 0.1) is 22.7 Å². The van der Waals surface area contributed by atoms with Gasteiger partial charge in [0.1, 0.15) is 0 Å². The van der Waals surface area contributed by atoms with Gasteiger partial charge in [-0.2, -0.15) is 5.26 Å². The van der Waals surface area contributed by atoms with Gasteiger partial charge >= 0.3 is 5.97 Å². The molecule has 0 aliphatic heterocycles. The van der Waals surface area contributed by atoms with Gasteiger partial charge in [0.15, 0.2) is 0 Å². The number of anilines is 1. The van der Waals surface area contributed by atoms with Crippen LogP contribution in [0.1, 0.15) is 133 Å². The Morgan fingerprint density at radius 3 is 1.82 bits per heavy atom. The van der Waals surface area contributed by atoms with Gasteiger partial charge in [0.2, 0.25) is 17.7 Å². The highest BCUT2D eigenvalue weighted by atomic mass is 32.1. The number of nitrogens with one attached hydrogen (secondary N) is 3. The lowest BCUT2D eigenvalue weighted by Crippen LogP contribution is -2.48. The van der Waals surface area contributed by atoms with Crippen molar-refractivity contribution < 1.29 is 24.3 Å². The summed E-state index contributed by atoms with van der Waals surface area (Å²) in [7, 11) is 4.29. The topological polar surface area (TPSA) is 152 Å². The number of thiophene rings is 1. The summed E-state index contributed by atoms with van der Waals surface area (Å²) in [5, 5.41) is 29.4. The van der Waals surface area contributed by atoms with Crippen LogP contribution in [0.15, 0.2) is 72.1 Å². The normalized spacial score (nSPS) is 21.2. The minimum absolute atomic E-state index is 0.000425. The number of benzene rings is 2. The third-order valence-corrected chi connectivity index (χ3v) is 12.8. The fraction of sp³-hybridized carbons (Fsp3) is 0.543. The van der Waals surface area contributed by atoms with Crippen LogP contribution in [0.5, 0.6) is 0 Å². The van der Waals surface area contributed by atoms with E-state index in [9.17, 15) is 24.4 Å². The Morgan fingerprint density at radius 1 is 0.772 bits per heavy atom. The molecule has 0 radical (unpaired) electrons. The zero-order chi connectivity index (χ0) is 41.4. The number of hydrogen-bond donors (Lipinski definition) is 4. The van der Waals surface area contributed by atoms with Gasteiger partial charge in [-0.25, -0.2) is 0 Å². The molecule has 0 bridgehead atoms. The number of carboxylic acid groups (broad SMARTS) is 1. The van der Waals surface area contributed by atoms with Crippen molar-refractivity contribution in [2.45, 2.75) is 134 Å². The van der Waals surface area contributed by atoms with Crippen molar-refractivity contribution in [1.82, 2.24) is 15.5 Å². The Morgan fingerprint density at radius 2 is 1.32 bits per heavy atom. The Balaban J connectivity index is 0.000000319. The van der Waals surface area contributed by atoms with E-state index >= 15 is 0 Å². The second-order valence-electron chi connectivity index (χ2n) is 17.0. The van der Waals surface area contributed by atoms with E-state index in [-0.39, 0.29) is 54.1 Å². The molecule has 11 heteroatoms. The molecule has 57 heavy (non-hydrogen) atoms. The molecule has 2 aliphatic carbocycles. The predicted octanol–water partition coefficient (Wildman–Crippen LogP) is 8.99. The van der Waals surface area contributed by atoms with Crippen molar-refractivity contribution in [2.24, 2.45) is 11.3 Å². The van der Waals surface area contributed by atoms with Gasteiger partial charge in [0, 0.05) is 48.3 Å². The highest BCUT2D eigenvalue weighted by Crippen LogP contribution is 2.43. The zero-order valence-electron chi connectivity index (χ0n) is 34.5. The third kappa shape index (κ3) is 14.1. The van der Waals surface area contributed by atoms with Gasteiger partial charge in [-0.1, -0.05) is 69.3 Å². The summed E-state index contributed by atoms with van der Waals surface area (Å²) < 4.78 is 0. The highest BCUT2D eigenvalue weighted by Gasteiger charge is 2.40. The van der Waals surface area contributed by atoms with Crippen LogP contribution in [0.3, 0.4) is 0 Å². The van der Waals surface area contributed by atoms with Crippen LogP contribution in [0.4, 0.5) is 5.69 Å². The largest absolute Gasteiger partial charge is 0.481 e. The molecule has 1 atom stereocenters. The summed E-state index contributed by atoms with van der Waals surface area (Å²) in [6.45, 7) is 6.84. The number of carboxylic acids is 1. The summed E-state index contributed by atoms with van der Waals surface area (Å²) >= 11 is 1.81. The van der Waals surface area contributed by atoms with Crippen molar-refractivity contribution >= 4 is 40.7 Å². The summed E-state index contributed by atoms with van der Waals surface area (Å²) in [4.78, 5) is 50.7. The molecule has 4 N–H and O–H groups in total. The van der Waals surface area contributed by atoms with Crippen LogP contribution < -0.4 is 16.0 Å². The van der Waals surface area contributed by atoms with E-state index in [4.69, 9.17) is 5.11 Å². The number of aliphatic carboxylic acids is 1. The van der Waals surface area contributed by atoms with Crippen molar-refractivity contribution in [3.8, 4) is 6.07 Å². The number of rotatable bonds is 15. The molecule has 1 unspecified atom stereocenters. The van der Waals surface area contributed by atoms with Crippen LogP contribution in [-0.2, 0) is 24.7 Å². The van der Waals surface area contributed by atoms with Crippen LogP contribution >= 0.6 is 11.3 Å². The number of amides is 3. The summed E-state index contributed by atoms with van der Waals surface area (Å²) in [5.74, 6) is -0.538. The van der Waals surface area contributed by atoms with E-state index in [0.717, 1.165) is 55.6 Å². The number of nitriles is 1. The Hall–Kier alpha value is -4.53. The second kappa shape index (κ2) is 21.8. The quantitative estimate of drug-likeness (QED) is 0.120. The zero-order valence-corrected chi connectivity index (χ0v) is 35.3. The Bertz CT molecular complexity index is 1750. The molecule has 1 aromatic heterocycles. The molecule has 3 amide bonds. The molecule has 3 aromatic rings. The van der Waals surface area contributed by atoms with Gasteiger partial charge in [-0.15, -0.1) is 11.3 Å².